The lowest BCUT2D eigenvalue weighted by Gasteiger charge is -1.96. The molecule has 0 spiro atoms. The molecule has 3 nitrogen and oxygen atoms in total. The number of nitrogens with zero attached hydrogens (tertiary/aromatic N) is 2. The lowest BCUT2D eigenvalue weighted by Crippen LogP contribution is -2.12. The zero-order valence-electron chi connectivity index (χ0n) is 9.18. The van der Waals surface area contributed by atoms with Crippen molar-refractivity contribution in [3.8, 4) is 0 Å². The Morgan fingerprint density at radius 3 is 2.88 bits per heavy atom. The molecular formula is C12H12N2OS. The van der Waals surface area contributed by atoms with E-state index in [4.69, 9.17) is 0 Å². The van der Waals surface area contributed by atoms with E-state index < -0.39 is 0 Å². The summed E-state index contributed by atoms with van der Waals surface area (Å²) in [6.45, 7) is 1.96. The third kappa shape index (κ3) is 2.28. The van der Waals surface area contributed by atoms with Crippen molar-refractivity contribution < 1.29 is 4.79 Å². The summed E-state index contributed by atoms with van der Waals surface area (Å²) in [6, 6.07) is 7.46. The molecular weight excluding hydrogens is 220 g/mol. The molecule has 0 saturated heterocycles. The van der Waals surface area contributed by atoms with Crippen molar-refractivity contribution in [3.63, 3.8) is 0 Å². The van der Waals surface area contributed by atoms with Crippen molar-refractivity contribution in [2.24, 2.45) is 12.0 Å². The summed E-state index contributed by atoms with van der Waals surface area (Å²) in [5, 5.41) is 1.91. The average Bonchev–Trinajstić information content (AvgIpc) is 2.64. The first-order valence-corrected chi connectivity index (χ1v) is 5.80. The molecule has 1 amide bonds. The molecule has 82 valence electrons. The number of rotatable bonds is 1. The SMILES string of the molecule is Cc1cccc(C(=O)N=c2sccn2C)c1. The summed E-state index contributed by atoms with van der Waals surface area (Å²) in [5.41, 5.74) is 1.70. The van der Waals surface area contributed by atoms with Crippen molar-refractivity contribution in [1.82, 2.24) is 4.57 Å². The highest BCUT2D eigenvalue weighted by Gasteiger charge is 2.03. The molecule has 0 unspecified atom stereocenters. The molecule has 0 bridgehead atoms. The maximum atomic E-state index is 11.8. The maximum Gasteiger partial charge on any atom is 0.279 e. The van der Waals surface area contributed by atoms with Crippen molar-refractivity contribution >= 4 is 17.2 Å². The van der Waals surface area contributed by atoms with Crippen LogP contribution in [0.3, 0.4) is 0 Å². The van der Waals surface area contributed by atoms with Crippen molar-refractivity contribution in [2.75, 3.05) is 0 Å². The number of amides is 1. The van der Waals surface area contributed by atoms with Gasteiger partial charge in [-0.2, -0.15) is 4.99 Å². The van der Waals surface area contributed by atoms with E-state index in [0.29, 0.717) is 10.4 Å². The van der Waals surface area contributed by atoms with Crippen molar-refractivity contribution in [2.45, 2.75) is 6.92 Å². The van der Waals surface area contributed by atoms with E-state index in [1.807, 2.05) is 48.3 Å². The summed E-state index contributed by atoms with van der Waals surface area (Å²) in [4.78, 5) is 16.6. The van der Waals surface area contributed by atoms with Crippen LogP contribution in [-0.2, 0) is 7.05 Å². The largest absolute Gasteiger partial charge is 0.327 e. The van der Waals surface area contributed by atoms with Crippen molar-refractivity contribution in [3.05, 3.63) is 51.8 Å². The minimum Gasteiger partial charge on any atom is -0.327 e. The van der Waals surface area contributed by atoms with E-state index in [2.05, 4.69) is 4.99 Å². The van der Waals surface area contributed by atoms with Gasteiger partial charge < -0.3 is 4.57 Å². The van der Waals surface area contributed by atoms with Gasteiger partial charge in [-0.1, -0.05) is 17.7 Å². The van der Waals surface area contributed by atoms with Gasteiger partial charge in [-0.15, -0.1) is 11.3 Å². The first-order valence-electron chi connectivity index (χ1n) is 4.92. The van der Waals surface area contributed by atoms with E-state index >= 15 is 0 Å². The molecule has 0 radical (unpaired) electrons. The van der Waals surface area contributed by atoms with Crippen LogP contribution in [0.1, 0.15) is 15.9 Å². The summed E-state index contributed by atoms with van der Waals surface area (Å²) in [7, 11) is 1.87. The Labute approximate surface area is 97.7 Å². The normalized spacial score (nSPS) is 11.8. The van der Waals surface area contributed by atoms with Crippen LogP contribution in [0.25, 0.3) is 0 Å². The van der Waals surface area contributed by atoms with Gasteiger partial charge in [0.25, 0.3) is 5.91 Å². The van der Waals surface area contributed by atoms with E-state index in [1.165, 1.54) is 11.3 Å². The first-order chi connectivity index (χ1) is 7.66. The van der Waals surface area contributed by atoms with Gasteiger partial charge in [-0.25, -0.2) is 0 Å². The van der Waals surface area contributed by atoms with Gasteiger partial charge >= 0.3 is 0 Å². The lowest BCUT2D eigenvalue weighted by molar-refractivity contribution is 0.0998. The molecule has 0 aliphatic carbocycles. The van der Waals surface area contributed by atoms with Gasteiger partial charge in [0.1, 0.15) is 0 Å². The fourth-order valence-corrected chi connectivity index (χ4v) is 2.09. The second-order valence-electron chi connectivity index (χ2n) is 3.58. The molecule has 4 heteroatoms. The Balaban J connectivity index is 2.38. The number of thiazole rings is 1. The minimum atomic E-state index is -0.193. The molecule has 0 fully saturated rings. The van der Waals surface area contributed by atoms with E-state index in [1.54, 1.807) is 6.07 Å². The molecule has 1 aromatic heterocycles. The van der Waals surface area contributed by atoms with Crippen molar-refractivity contribution in [1.29, 1.82) is 0 Å². The Bertz CT molecular complexity index is 580. The van der Waals surface area contributed by atoms with E-state index in [0.717, 1.165) is 5.56 Å². The van der Waals surface area contributed by atoms with Gasteiger partial charge in [-0.3, -0.25) is 4.79 Å². The monoisotopic (exact) mass is 232 g/mol. The molecule has 0 N–H and O–H groups in total. The number of aryl methyl sites for hydroxylation is 2. The molecule has 0 saturated carbocycles. The molecule has 0 atom stereocenters. The smallest absolute Gasteiger partial charge is 0.279 e. The summed E-state index contributed by atoms with van der Waals surface area (Å²) >= 11 is 1.45. The highest BCUT2D eigenvalue weighted by atomic mass is 32.1. The van der Waals surface area contributed by atoms with Crippen LogP contribution in [0.5, 0.6) is 0 Å². The maximum absolute atomic E-state index is 11.8. The fraction of sp³-hybridized carbons (Fsp3) is 0.167. The number of benzene rings is 1. The number of hydrogen-bond donors (Lipinski definition) is 0. The quantitative estimate of drug-likeness (QED) is 0.741. The van der Waals surface area contributed by atoms with Crippen LogP contribution < -0.4 is 4.80 Å². The number of aromatic nitrogens is 1. The molecule has 16 heavy (non-hydrogen) atoms. The van der Waals surface area contributed by atoms with E-state index in [-0.39, 0.29) is 5.91 Å². The van der Waals surface area contributed by atoms with Gasteiger partial charge in [-0.05, 0) is 19.1 Å². The highest BCUT2D eigenvalue weighted by Crippen LogP contribution is 2.05. The van der Waals surface area contributed by atoms with Crippen LogP contribution in [0.2, 0.25) is 0 Å². The van der Waals surface area contributed by atoms with Crippen LogP contribution in [0.15, 0.2) is 40.8 Å². The van der Waals surface area contributed by atoms with Gasteiger partial charge in [0.05, 0.1) is 0 Å². The number of carbonyl (C=O) groups is 1. The first kappa shape index (κ1) is 10.8. The van der Waals surface area contributed by atoms with Crippen LogP contribution in [-0.4, -0.2) is 10.5 Å². The summed E-state index contributed by atoms with van der Waals surface area (Å²) in [6.07, 6.45) is 1.88. The predicted molar refractivity (Wildman–Crippen MR) is 64.4 cm³/mol. The third-order valence-electron chi connectivity index (χ3n) is 2.22. The molecule has 1 aromatic carbocycles. The van der Waals surface area contributed by atoms with Crippen LogP contribution in [0.4, 0.5) is 0 Å². The van der Waals surface area contributed by atoms with Crippen LogP contribution in [0, 0.1) is 6.92 Å². The Morgan fingerprint density at radius 1 is 1.44 bits per heavy atom. The van der Waals surface area contributed by atoms with E-state index in [9.17, 15) is 4.79 Å². The zero-order valence-corrected chi connectivity index (χ0v) is 9.99. The van der Waals surface area contributed by atoms with Gasteiger partial charge in [0, 0.05) is 24.2 Å². The Hall–Kier alpha value is -1.68. The van der Waals surface area contributed by atoms with Gasteiger partial charge in [0.15, 0.2) is 4.80 Å². The Morgan fingerprint density at radius 2 is 2.25 bits per heavy atom. The average molecular weight is 232 g/mol. The number of carbonyl (C=O) groups excluding carboxylic acids is 1. The highest BCUT2D eigenvalue weighted by molar-refractivity contribution is 7.07. The van der Waals surface area contributed by atoms with Crippen LogP contribution >= 0.6 is 11.3 Å². The summed E-state index contributed by atoms with van der Waals surface area (Å²) in [5.74, 6) is -0.193. The minimum absolute atomic E-state index is 0.193. The van der Waals surface area contributed by atoms with Gasteiger partial charge in [0.2, 0.25) is 0 Å². The third-order valence-corrected chi connectivity index (χ3v) is 3.07. The number of hydrogen-bond acceptors (Lipinski definition) is 2. The second kappa shape index (κ2) is 4.45. The molecule has 0 aliphatic rings. The zero-order chi connectivity index (χ0) is 11.5. The Kier molecular flexibility index (Phi) is 3.01. The fourth-order valence-electron chi connectivity index (χ4n) is 1.36. The molecule has 2 aromatic rings. The standard InChI is InChI=1S/C12H12N2OS/c1-9-4-3-5-10(8-9)11(15)13-12-14(2)6-7-16-12/h3-8H,1-2H3. The summed E-state index contributed by atoms with van der Waals surface area (Å²) < 4.78 is 1.83. The molecule has 0 aliphatic heterocycles. The topological polar surface area (TPSA) is 34.4 Å². The lowest BCUT2D eigenvalue weighted by atomic mass is 10.1. The predicted octanol–water partition coefficient (Wildman–Crippen LogP) is 2.14. The molecule has 2 rings (SSSR count). The molecule has 1 heterocycles. The second-order valence-corrected chi connectivity index (χ2v) is 4.46.